The molecule has 3 nitrogen and oxygen atoms in total. The molecule has 1 aliphatic heterocycles. The van der Waals surface area contributed by atoms with E-state index < -0.39 is 0 Å². The summed E-state index contributed by atoms with van der Waals surface area (Å²) in [6.07, 6.45) is 4.18. The van der Waals surface area contributed by atoms with E-state index in [1.807, 2.05) is 18.3 Å². The van der Waals surface area contributed by atoms with Crippen LogP contribution >= 0.6 is 23.2 Å². The van der Waals surface area contributed by atoms with E-state index in [-0.39, 0.29) is 0 Å². The first kappa shape index (κ1) is 12.0. The van der Waals surface area contributed by atoms with Crippen LogP contribution in [-0.4, -0.2) is 16.5 Å². The standard InChI is InChI=1S/C13H13Cl2N3/c14-9-4-3-8(6-10(9)15)12-7-17-13(18-12)11-2-1-5-16-11/h3-4,6-7,11,16H,1-2,5H2,(H,17,18). The Bertz CT molecular complexity index is 559. The minimum atomic E-state index is 0.349. The predicted molar refractivity (Wildman–Crippen MR) is 74.0 cm³/mol. The molecule has 1 fully saturated rings. The Labute approximate surface area is 116 Å². The Morgan fingerprint density at radius 2 is 2.11 bits per heavy atom. The number of nitrogens with one attached hydrogen (secondary N) is 2. The van der Waals surface area contributed by atoms with Gasteiger partial charge in [-0.2, -0.15) is 0 Å². The average Bonchev–Trinajstić information content (AvgIpc) is 3.01. The van der Waals surface area contributed by atoms with Gasteiger partial charge in [-0.25, -0.2) is 4.98 Å². The number of imidazole rings is 1. The first-order chi connectivity index (χ1) is 8.74. The van der Waals surface area contributed by atoms with Crippen LogP contribution in [0.2, 0.25) is 10.0 Å². The van der Waals surface area contributed by atoms with Gasteiger partial charge in [0.1, 0.15) is 5.82 Å². The van der Waals surface area contributed by atoms with Crippen LogP contribution in [0.5, 0.6) is 0 Å². The second kappa shape index (κ2) is 4.92. The smallest absolute Gasteiger partial charge is 0.123 e. The molecule has 2 aromatic rings. The summed E-state index contributed by atoms with van der Waals surface area (Å²) in [6, 6.07) is 5.94. The largest absolute Gasteiger partial charge is 0.341 e. The molecule has 2 N–H and O–H groups in total. The summed E-state index contributed by atoms with van der Waals surface area (Å²) in [5, 5.41) is 4.54. The van der Waals surface area contributed by atoms with Gasteiger partial charge in [-0.15, -0.1) is 0 Å². The quantitative estimate of drug-likeness (QED) is 0.879. The number of rotatable bonds is 2. The van der Waals surface area contributed by atoms with Gasteiger partial charge in [-0.1, -0.05) is 29.3 Å². The molecule has 1 atom stereocenters. The predicted octanol–water partition coefficient (Wildman–Crippen LogP) is 3.81. The highest BCUT2D eigenvalue weighted by atomic mass is 35.5. The first-order valence-corrected chi connectivity index (χ1v) is 6.73. The minimum absolute atomic E-state index is 0.349. The van der Waals surface area contributed by atoms with Crippen LogP contribution in [0.4, 0.5) is 0 Å². The minimum Gasteiger partial charge on any atom is -0.341 e. The normalized spacial score (nSPS) is 19.3. The van der Waals surface area contributed by atoms with Gasteiger partial charge < -0.3 is 10.3 Å². The molecular weight excluding hydrogens is 269 g/mol. The Balaban J connectivity index is 1.89. The molecular formula is C13H13Cl2N3. The number of halogens is 2. The van der Waals surface area contributed by atoms with Gasteiger partial charge in [-0.3, -0.25) is 0 Å². The molecule has 3 rings (SSSR count). The number of aromatic amines is 1. The van der Waals surface area contributed by atoms with Crippen LogP contribution in [-0.2, 0) is 0 Å². The van der Waals surface area contributed by atoms with E-state index in [9.17, 15) is 0 Å². The van der Waals surface area contributed by atoms with Crippen molar-refractivity contribution in [2.75, 3.05) is 6.54 Å². The van der Waals surface area contributed by atoms with Gasteiger partial charge in [0.15, 0.2) is 0 Å². The van der Waals surface area contributed by atoms with Crippen molar-refractivity contribution in [3.05, 3.63) is 40.3 Å². The lowest BCUT2D eigenvalue weighted by atomic mass is 10.2. The van der Waals surface area contributed by atoms with Crippen LogP contribution in [0.1, 0.15) is 24.7 Å². The molecule has 0 saturated carbocycles. The molecule has 2 heterocycles. The molecule has 1 unspecified atom stereocenters. The van der Waals surface area contributed by atoms with Crippen molar-refractivity contribution in [1.82, 2.24) is 15.3 Å². The lowest BCUT2D eigenvalue weighted by Gasteiger charge is -2.05. The second-order valence-electron chi connectivity index (χ2n) is 4.46. The summed E-state index contributed by atoms with van der Waals surface area (Å²) in [7, 11) is 0. The maximum atomic E-state index is 6.02. The molecule has 1 aromatic heterocycles. The highest BCUT2D eigenvalue weighted by molar-refractivity contribution is 6.42. The monoisotopic (exact) mass is 281 g/mol. The summed E-state index contributed by atoms with van der Waals surface area (Å²) in [5.74, 6) is 0.994. The molecule has 5 heteroatoms. The third kappa shape index (κ3) is 2.26. The molecule has 1 saturated heterocycles. The van der Waals surface area contributed by atoms with Crippen molar-refractivity contribution < 1.29 is 0 Å². The van der Waals surface area contributed by atoms with E-state index >= 15 is 0 Å². The van der Waals surface area contributed by atoms with Crippen molar-refractivity contribution in [3.63, 3.8) is 0 Å². The van der Waals surface area contributed by atoms with E-state index in [1.54, 1.807) is 6.07 Å². The number of hydrogen-bond acceptors (Lipinski definition) is 2. The van der Waals surface area contributed by atoms with Crippen LogP contribution in [0.15, 0.2) is 24.4 Å². The van der Waals surface area contributed by atoms with Crippen LogP contribution in [0, 0.1) is 0 Å². The Kier molecular flexibility index (Phi) is 3.29. The zero-order chi connectivity index (χ0) is 12.5. The van der Waals surface area contributed by atoms with Crippen LogP contribution in [0.25, 0.3) is 11.3 Å². The lowest BCUT2D eigenvalue weighted by molar-refractivity contribution is 0.613. The fraction of sp³-hybridized carbons (Fsp3) is 0.308. The van der Waals surface area contributed by atoms with Crippen molar-refractivity contribution in [1.29, 1.82) is 0 Å². The van der Waals surface area contributed by atoms with Gasteiger partial charge in [-0.05, 0) is 31.5 Å². The van der Waals surface area contributed by atoms with Gasteiger partial charge >= 0.3 is 0 Å². The zero-order valence-corrected chi connectivity index (χ0v) is 11.2. The average molecular weight is 282 g/mol. The lowest BCUT2D eigenvalue weighted by Crippen LogP contribution is -2.14. The summed E-state index contributed by atoms with van der Waals surface area (Å²) >= 11 is 11.9. The van der Waals surface area contributed by atoms with Gasteiger partial charge in [0.25, 0.3) is 0 Å². The molecule has 0 spiro atoms. The molecule has 18 heavy (non-hydrogen) atoms. The highest BCUT2D eigenvalue weighted by Crippen LogP contribution is 2.29. The molecule has 0 amide bonds. The van der Waals surface area contributed by atoms with E-state index in [0.29, 0.717) is 16.1 Å². The van der Waals surface area contributed by atoms with Gasteiger partial charge in [0.2, 0.25) is 0 Å². The Morgan fingerprint density at radius 3 is 2.83 bits per heavy atom. The zero-order valence-electron chi connectivity index (χ0n) is 9.71. The number of benzene rings is 1. The van der Waals surface area contributed by atoms with E-state index in [4.69, 9.17) is 23.2 Å². The van der Waals surface area contributed by atoms with Crippen LogP contribution < -0.4 is 5.32 Å². The van der Waals surface area contributed by atoms with E-state index in [2.05, 4.69) is 15.3 Å². The third-order valence-electron chi connectivity index (χ3n) is 3.22. The SMILES string of the molecule is Clc1ccc(-c2cnc(C3CCCN3)[nH]2)cc1Cl. The maximum Gasteiger partial charge on any atom is 0.123 e. The number of aromatic nitrogens is 2. The molecule has 0 aliphatic carbocycles. The Hall–Kier alpha value is -1.03. The number of hydrogen-bond donors (Lipinski definition) is 2. The summed E-state index contributed by atoms with van der Waals surface area (Å²) in [6.45, 7) is 1.06. The number of H-pyrrole nitrogens is 1. The maximum absolute atomic E-state index is 6.02. The van der Waals surface area contributed by atoms with E-state index in [1.165, 1.54) is 6.42 Å². The van der Waals surface area contributed by atoms with E-state index in [0.717, 1.165) is 30.0 Å². The fourth-order valence-corrected chi connectivity index (χ4v) is 2.54. The van der Waals surface area contributed by atoms with Crippen molar-refractivity contribution >= 4 is 23.2 Å². The molecule has 1 aliphatic rings. The summed E-state index contributed by atoms with van der Waals surface area (Å²) in [4.78, 5) is 7.78. The fourth-order valence-electron chi connectivity index (χ4n) is 2.24. The van der Waals surface area contributed by atoms with Gasteiger partial charge in [0.05, 0.1) is 28.0 Å². The topological polar surface area (TPSA) is 40.7 Å². The molecule has 0 radical (unpaired) electrons. The van der Waals surface area contributed by atoms with Gasteiger partial charge in [0, 0.05) is 5.56 Å². The number of nitrogens with zero attached hydrogens (tertiary/aromatic N) is 1. The van der Waals surface area contributed by atoms with Crippen LogP contribution in [0.3, 0.4) is 0 Å². The Morgan fingerprint density at radius 1 is 1.22 bits per heavy atom. The van der Waals surface area contributed by atoms with Crippen molar-refractivity contribution in [2.24, 2.45) is 0 Å². The molecule has 0 bridgehead atoms. The first-order valence-electron chi connectivity index (χ1n) is 5.98. The summed E-state index contributed by atoms with van der Waals surface area (Å²) in [5.41, 5.74) is 1.97. The second-order valence-corrected chi connectivity index (χ2v) is 5.27. The third-order valence-corrected chi connectivity index (χ3v) is 3.96. The van der Waals surface area contributed by atoms with Crippen molar-refractivity contribution in [2.45, 2.75) is 18.9 Å². The van der Waals surface area contributed by atoms with Crippen molar-refractivity contribution in [3.8, 4) is 11.3 Å². The molecule has 94 valence electrons. The highest BCUT2D eigenvalue weighted by Gasteiger charge is 2.19. The molecule has 1 aromatic carbocycles. The summed E-state index contributed by atoms with van der Waals surface area (Å²) < 4.78 is 0.